The molecule has 0 unspecified atom stereocenters. The molecule has 0 atom stereocenters. The summed E-state index contributed by atoms with van der Waals surface area (Å²) in [5, 5.41) is 4.84. The predicted octanol–water partition coefficient (Wildman–Crippen LogP) is 9.18. The summed E-state index contributed by atoms with van der Waals surface area (Å²) >= 11 is -0.106. The molecule has 254 valence electrons. The molecule has 0 N–H and O–H groups in total. The van der Waals surface area contributed by atoms with Gasteiger partial charge in [0.05, 0.1) is 6.61 Å². The van der Waals surface area contributed by atoms with Crippen LogP contribution in [0.15, 0.2) is 138 Å². The topological polar surface area (TPSA) is 38.7 Å². The third kappa shape index (κ3) is 13.2. The van der Waals surface area contributed by atoms with Crippen molar-refractivity contribution >= 4 is 61.2 Å². The van der Waals surface area contributed by atoms with E-state index in [4.69, 9.17) is 28.5 Å². The number of halogens is 2. The van der Waals surface area contributed by atoms with Gasteiger partial charge in [-0.2, -0.15) is 0 Å². The van der Waals surface area contributed by atoms with Gasteiger partial charge in [-0.1, -0.05) is 121 Å². The molecular weight excluding hydrogens is 822 g/mol. The van der Waals surface area contributed by atoms with Gasteiger partial charge in [-0.05, 0) is 99.9 Å². The van der Waals surface area contributed by atoms with Gasteiger partial charge in [-0.3, -0.25) is 4.74 Å². The van der Waals surface area contributed by atoms with Crippen LogP contribution < -0.4 is 21.2 Å². The van der Waals surface area contributed by atoms with Crippen LogP contribution in [-0.4, -0.2) is 18.5 Å². The molecule has 2 aliphatic carbocycles. The Bertz CT molecular complexity index is 1480. The Hall–Kier alpha value is -1.49. The van der Waals surface area contributed by atoms with Crippen LogP contribution in [0.3, 0.4) is 0 Å². The minimum atomic E-state index is -2.56. The summed E-state index contributed by atoms with van der Waals surface area (Å²) in [5.74, 6) is 1.31. The third-order valence-electron chi connectivity index (χ3n) is 7.16. The van der Waals surface area contributed by atoms with Crippen molar-refractivity contribution in [3.8, 4) is 0 Å². The number of hydrogen-bond donors (Lipinski definition) is 0. The molecular formula is C40H37Cl2FeNO2P2Pd+2. The Morgan fingerprint density at radius 3 is 1.47 bits per heavy atom. The number of benzene rings is 4. The fourth-order valence-electron chi connectivity index (χ4n) is 5.02. The monoisotopic (exact) mass is 857 g/mol. The minimum absolute atomic E-state index is 0. The van der Waals surface area contributed by atoms with Crippen molar-refractivity contribution in [3.63, 3.8) is 0 Å². The van der Waals surface area contributed by atoms with Gasteiger partial charge in [0.25, 0.3) is 0 Å². The summed E-state index contributed by atoms with van der Waals surface area (Å²) in [6.45, 7) is 2.12. The number of rotatable bonds is 10. The van der Waals surface area contributed by atoms with E-state index in [1.165, 1.54) is 10.6 Å². The van der Waals surface area contributed by atoms with Gasteiger partial charge in [0, 0.05) is 18.9 Å². The molecule has 9 heteroatoms. The fourth-order valence-corrected chi connectivity index (χ4v) is 13.3. The van der Waals surface area contributed by atoms with Crippen molar-refractivity contribution in [1.82, 2.24) is 0 Å². The molecule has 0 spiro atoms. The summed E-state index contributed by atoms with van der Waals surface area (Å²) in [6, 6.07) is 42.4. The normalized spacial score (nSPS) is 14.6. The third-order valence-corrected chi connectivity index (χ3v) is 14.6. The second-order valence-corrected chi connectivity index (χ2v) is 18.4. The van der Waals surface area contributed by atoms with E-state index in [0.717, 1.165) is 22.4 Å². The van der Waals surface area contributed by atoms with Crippen LogP contribution in [0.4, 0.5) is 0 Å². The fraction of sp³-hybridized carbons (Fsp3) is 0.0750. The van der Waals surface area contributed by atoms with Crippen molar-refractivity contribution in [2.24, 2.45) is 4.74 Å². The van der Waals surface area contributed by atoms with Crippen LogP contribution in [0.5, 0.6) is 0 Å². The van der Waals surface area contributed by atoms with Gasteiger partial charge in [-0.25, -0.2) is 4.79 Å². The maximum atomic E-state index is 13.5. The SMILES string of the molecule is CCOC(=O)/C(=C\[C]1[CH][CH][CH][CH]1)N=P(CP(c1ccccc1)c1ccccc1)(c1ccccc1)c1ccccc1.[CH]1[CH][CH][CH][CH]1.[Cl][Pd][Cl].[Fe+2]. The maximum absolute atomic E-state index is 13.5. The first-order valence-electron chi connectivity index (χ1n) is 15.3. The van der Waals surface area contributed by atoms with Crippen LogP contribution in [0.2, 0.25) is 0 Å². The van der Waals surface area contributed by atoms with Crippen molar-refractivity contribution in [2.75, 3.05) is 12.5 Å². The van der Waals surface area contributed by atoms with Crippen LogP contribution >= 0.6 is 34.0 Å². The number of carbonyl (C=O) groups is 1. The maximum Gasteiger partial charge on any atom is 2.00 e. The molecule has 3 nitrogen and oxygen atoms in total. The Morgan fingerprint density at radius 1 is 0.694 bits per heavy atom. The van der Waals surface area contributed by atoms with Gasteiger partial charge in [0.2, 0.25) is 0 Å². The molecule has 0 saturated heterocycles. The van der Waals surface area contributed by atoms with Gasteiger partial charge in [-0.15, -0.1) is 0 Å². The first-order chi connectivity index (χ1) is 23.6. The molecule has 0 aliphatic heterocycles. The predicted molar refractivity (Wildman–Crippen MR) is 204 cm³/mol. The first kappa shape index (κ1) is 41.9. The van der Waals surface area contributed by atoms with Gasteiger partial charge in [0.1, 0.15) is 5.70 Å². The Labute approximate surface area is 322 Å². The smallest absolute Gasteiger partial charge is 2.00 e. The van der Waals surface area contributed by atoms with E-state index in [1.807, 2.05) is 82.9 Å². The minimum Gasteiger partial charge on any atom is 2.00 e. The van der Waals surface area contributed by atoms with Crippen molar-refractivity contribution in [3.05, 3.63) is 197 Å². The average molecular weight is 859 g/mol. The van der Waals surface area contributed by atoms with E-state index in [1.54, 1.807) is 0 Å². The molecule has 0 bridgehead atoms. The largest absolute Gasteiger partial charge is 2.00 e. The zero-order chi connectivity index (χ0) is 33.9. The van der Waals surface area contributed by atoms with E-state index >= 15 is 0 Å². The number of nitrogens with zero attached hydrogens (tertiary/aromatic N) is 1. The van der Waals surface area contributed by atoms with Crippen LogP contribution in [0, 0.1) is 63.7 Å². The Morgan fingerprint density at radius 2 is 1.08 bits per heavy atom. The van der Waals surface area contributed by atoms with Crippen LogP contribution in [0.1, 0.15) is 6.92 Å². The first-order valence-corrected chi connectivity index (χ1v) is 22.8. The molecule has 0 heterocycles. The number of carbonyl (C=O) groups excluding carboxylic acids is 1. The summed E-state index contributed by atoms with van der Waals surface area (Å²) in [5.41, 5.74) is 0.352. The Balaban J connectivity index is 0.000000643. The van der Waals surface area contributed by atoms with E-state index in [0.29, 0.717) is 5.70 Å². The Kier molecular flexibility index (Phi) is 20.4. The van der Waals surface area contributed by atoms with Crippen molar-refractivity contribution in [1.29, 1.82) is 0 Å². The van der Waals surface area contributed by atoms with Gasteiger partial charge in [0.15, 0.2) is 0 Å². The molecule has 4 aromatic carbocycles. The average Bonchev–Trinajstić information content (AvgIpc) is 3.90. The van der Waals surface area contributed by atoms with Gasteiger partial charge < -0.3 is 4.74 Å². The summed E-state index contributed by atoms with van der Waals surface area (Å²) < 4.78 is 11.1. The second kappa shape index (κ2) is 23.9. The van der Waals surface area contributed by atoms with E-state index in [9.17, 15) is 4.79 Å². The van der Waals surface area contributed by atoms with Crippen LogP contribution in [-0.2, 0) is 42.5 Å². The molecule has 2 aliphatic rings. The summed E-state index contributed by atoms with van der Waals surface area (Å²) in [4.78, 5) is 13.5. The van der Waals surface area contributed by atoms with Crippen molar-refractivity contribution in [2.45, 2.75) is 6.92 Å². The number of ether oxygens (including phenoxy) is 1. The van der Waals surface area contributed by atoms with Crippen LogP contribution in [0.25, 0.3) is 0 Å². The number of esters is 1. The quantitative estimate of drug-likeness (QED) is 0.0691. The van der Waals surface area contributed by atoms with E-state index in [2.05, 4.69) is 109 Å². The molecule has 0 amide bonds. The standard InChI is InChI=1S/C35H32NO2P2.C5H5.2ClH.Fe.Pd/c1-2-38-35(37)34(27-29-17-15-16-18-29)36-40(32-23-11-5-12-24-32,33-25-13-6-14-26-33)28-39(30-19-7-3-8-20-30)31-21-9-4-10-22-31;1-2-4-5-3-1;;;;/h3-27H,2,28H2,1H3;1-5H;2*1H;;/q;;;;2*+2/p-2/b34-27+;;;;;. The molecule has 0 aromatic heterocycles. The molecule has 6 rings (SSSR count). The molecule has 4 aromatic rings. The van der Waals surface area contributed by atoms with Crippen molar-refractivity contribution < 1.29 is 42.5 Å². The molecule has 2 fully saturated rings. The molecule has 2 saturated carbocycles. The zero-order valence-corrected chi connectivity index (χ0v) is 32.8. The molecule has 49 heavy (non-hydrogen) atoms. The molecule has 10 radical (unpaired) electrons. The second-order valence-electron chi connectivity index (χ2n) is 10.3. The summed E-state index contributed by atoms with van der Waals surface area (Å²) in [7, 11) is 6.26. The van der Waals surface area contributed by atoms with E-state index < -0.39 is 20.9 Å². The number of allylic oxidation sites excluding steroid dienone is 1. The number of hydrogen-bond acceptors (Lipinski definition) is 3. The zero-order valence-electron chi connectivity index (χ0n) is 26.8. The van der Waals surface area contributed by atoms with E-state index in [-0.39, 0.29) is 39.6 Å². The van der Waals surface area contributed by atoms with Gasteiger partial charge >= 0.3 is 58.0 Å². The summed E-state index contributed by atoms with van der Waals surface area (Å²) in [6.07, 6.45) is 19.8.